The van der Waals surface area contributed by atoms with E-state index in [4.69, 9.17) is 4.52 Å². The lowest BCUT2D eigenvalue weighted by Crippen LogP contribution is -2.55. The summed E-state index contributed by atoms with van der Waals surface area (Å²) < 4.78 is 18.2. The van der Waals surface area contributed by atoms with Crippen LogP contribution in [0.1, 0.15) is 32.6 Å². The Hall–Kier alpha value is -2.28. The normalized spacial score (nSPS) is 20.7. The van der Waals surface area contributed by atoms with Gasteiger partial charge in [0.25, 0.3) is 0 Å². The molecule has 0 saturated carbocycles. The Morgan fingerprint density at radius 1 is 1.28 bits per heavy atom. The quantitative estimate of drug-likeness (QED) is 0.900. The van der Waals surface area contributed by atoms with Crippen molar-refractivity contribution in [3.05, 3.63) is 36.0 Å². The van der Waals surface area contributed by atoms with E-state index in [2.05, 4.69) is 29.3 Å². The van der Waals surface area contributed by atoms with Gasteiger partial charge in [-0.2, -0.15) is 4.98 Å². The first-order chi connectivity index (χ1) is 12.0. The van der Waals surface area contributed by atoms with Crippen LogP contribution in [0, 0.1) is 5.82 Å². The van der Waals surface area contributed by atoms with E-state index in [0.29, 0.717) is 48.6 Å². The Morgan fingerprint density at radius 2 is 1.96 bits per heavy atom. The van der Waals surface area contributed by atoms with Crippen molar-refractivity contribution < 1.29 is 13.7 Å². The number of nitrogens with one attached hydrogen (secondary N) is 1. The molecule has 3 rings (SSSR count). The first kappa shape index (κ1) is 17.5. The van der Waals surface area contributed by atoms with Gasteiger partial charge >= 0.3 is 0 Å². The summed E-state index contributed by atoms with van der Waals surface area (Å²) in [6.45, 7) is 5.67. The minimum Gasteiger partial charge on any atom is -0.340 e. The fourth-order valence-corrected chi connectivity index (χ4v) is 3.15. The predicted octanol–water partition coefficient (Wildman–Crippen LogP) is 2.41. The first-order valence-electron chi connectivity index (χ1n) is 8.63. The largest absolute Gasteiger partial charge is 0.340 e. The minimum absolute atomic E-state index is 0.165. The first-order valence-corrected chi connectivity index (χ1v) is 8.63. The van der Waals surface area contributed by atoms with Crippen LogP contribution in [0.2, 0.25) is 0 Å². The highest BCUT2D eigenvalue weighted by Gasteiger charge is 2.24. The lowest BCUT2D eigenvalue weighted by Gasteiger charge is -2.36. The van der Waals surface area contributed by atoms with Crippen LogP contribution in [0.25, 0.3) is 11.4 Å². The van der Waals surface area contributed by atoms with Gasteiger partial charge in [0, 0.05) is 43.6 Å². The van der Waals surface area contributed by atoms with Crippen molar-refractivity contribution in [2.75, 3.05) is 13.1 Å². The molecule has 1 saturated heterocycles. The number of aromatic nitrogens is 2. The Morgan fingerprint density at radius 3 is 2.64 bits per heavy atom. The molecule has 0 bridgehead atoms. The van der Waals surface area contributed by atoms with E-state index in [1.807, 2.05) is 4.90 Å². The number of carbonyl (C=O) groups excluding carboxylic acids is 1. The highest BCUT2D eigenvalue weighted by Crippen LogP contribution is 2.17. The number of carbonyl (C=O) groups is 1. The van der Waals surface area contributed by atoms with Crippen LogP contribution in [0.5, 0.6) is 0 Å². The van der Waals surface area contributed by atoms with Crippen LogP contribution in [0.4, 0.5) is 4.39 Å². The molecule has 134 valence electrons. The summed E-state index contributed by atoms with van der Waals surface area (Å²) in [5, 5.41) is 7.33. The summed E-state index contributed by atoms with van der Waals surface area (Å²) in [4.78, 5) is 18.6. The summed E-state index contributed by atoms with van der Waals surface area (Å²) in [7, 11) is 0. The fourth-order valence-electron chi connectivity index (χ4n) is 3.15. The molecule has 1 aliphatic rings. The third-order valence-electron chi connectivity index (χ3n) is 4.26. The second-order valence-corrected chi connectivity index (χ2v) is 6.64. The van der Waals surface area contributed by atoms with Gasteiger partial charge in [0.1, 0.15) is 5.82 Å². The van der Waals surface area contributed by atoms with Gasteiger partial charge in [-0.3, -0.25) is 4.79 Å². The standard InChI is InChI=1S/C18H23FN4O2/c1-12-10-23(11-13(2)20-12)17(24)5-3-4-16-21-18(22-25-16)14-6-8-15(19)9-7-14/h6-9,12-13,20H,3-5,10-11H2,1-2H3. The van der Waals surface area contributed by atoms with E-state index in [9.17, 15) is 9.18 Å². The van der Waals surface area contributed by atoms with Crippen molar-refractivity contribution in [1.29, 1.82) is 0 Å². The van der Waals surface area contributed by atoms with Gasteiger partial charge in [0.05, 0.1) is 0 Å². The van der Waals surface area contributed by atoms with Crippen LogP contribution in [0.3, 0.4) is 0 Å². The van der Waals surface area contributed by atoms with Crippen molar-refractivity contribution in [3.63, 3.8) is 0 Å². The molecule has 2 heterocycles. The molecule has 0 radical (unpaired) electrons. The molecule has 1 aromatic heterocycles. The van der Waals surface area contributed by atoms with Crippen molar-refractivity contribution in [2.45, 2.75) is 45.2 Å². The molecule has 0 spiro atoms. The Labute approximate surface area is 146 Å². The average Bonchev–Trinajstić information content (AvgIpc) is 3.03. The highest BCUT2D eigenvalue weighted by atomic mass is 19.1. The molecule has 25 heavy (non-hydrogen) atoms. The van der Waals surface area contributed by atoms with Crippen LogP contribution in [0.15, 0.2) is 28.8 Å². The number of halogens is 1. The number of hydrogen-bond donors (Lipinski definition) is 1. The second-order valence-electron chi connectivity index (χ2n) is 6.64. The zero-order chi connectivity index (χ0) is 17.8. The maximum absolute atomic E-state index is 12.9. The van der Waals surface area contributed by atoms with E-state index in [1.165, 1.54) is 12.1 Å². The summed E-state index contributed by atoms with van der Waals surface area (Å²) in [6, 6.07) is 6.59. The maximum atomic E-state index is 12.9. The molecular weight excluding hydrogens is 323 g/mol. The van der Waals surface area contributed by atoms with Crippen molar-refractivity contribution in [3.8, 4) is 11.4 Å². The second kappa shape index (κ2) is 7.74. The molecular formula is C18H23FN4O2. The summed E-state index contributed by atoms with van der Waals surface area (Å²) in [5.74, 6) is 0.793. The molecule has 1 fully saturated rings. The molecule has 2 aromatic rings. The molecule has 7 heteroatoms. The number of benzene rings is 1. The lowest BCUT2D eigenvalue weighted by molar-refractivity contribution is -0.133. The zero-order valence-corrected chi connectivity index (χ0v) is 14.5. The van der Waals surface area contributed by atoms with E-state index < -0.39 is 0 Å². The monoisotopic (exact) mass is 346 g/mol. The zero-order valence-electron chi connectivity index (χ0n) is 14.5. The van der Waals surface area contributed by atoms with Gasteiger partial charge in [-0.05, 0) is 44.5 Å². The van der Waals surface area contributed by atoms with Gasteiger partial charge in [-0.25, -0.2) is 4.39 Å². The van der Waals surface area contributed by atoms with Crippen LogP contribution >= 0.6 is 0 Å². The molecule has 0 aliphatic carbocycles. The third-order valence-corrected chi connectivity index (χ3v) is 4.26. The molecule has 2 unspecified atom stereocenters. The minimum atomic E-state index is -0.303. The third kappa shape index (κ3) is 4.63. The number of amides is 1. The highest BCUT2D eigenvalue weighted by molar-refractivity contribution is 5.76. The lowest BCUT2D eigenvalue weighted by atomic mass is 10.1. The molecule has 1 amide bonds. The van der Waals surface area contributed by atoms with E-state index >= 15 is 0 Å². The van der Waals surface area contributed by atoms with Crippen molar-refractivity contribution in [2.24, 2.45) is 0 Å². The van der Waals surface area contributed by atoms with Crippen molar-refractivity contribution in [1.82, 2.24) is 20.4 Å². The maximum Gasteiger partial charge on any atom is 0.226 e. The number of piperazine rings is 1. The molecule has 1 aliphatic heterocycles. The van der Waals surface area contributed by atoms with E-state index in [1.54, 1.807) is 12.1 Å². The summed E-state index contributed by atoms with van der Waals surface area (Å²) in [5.41, 5.74) is 0.705. The van der Waals surface area contributed by atoms with Gasteiger partial charge < -0.3 is 14.7 Å². The van der Waals surface area contributed by atoms with Crippen LogP contribution < -0.4 is 5.32 Å². The van der Waals surface area contributed by atoms with Gasteiger partial charge in [0.2, 0.25) is 17.6 Å². The van der Waals surface area contributed by atoms with E-state index in [0.717, 1.165) is 13.1 Å². The molecule has 6 nitrogen and oxygen atoms in total. The Bertz CT molecular complexity index is 706. The van der Waals surface area contributed by atoms with Gasteiger partial charge in [0.15, 0.2) is 0 Å². The smallest absolute Gasteiger partial charge is 0.226 e. The van der Waals surface area contributed by atoms with Crippen molar-refractivity contribution >= 4 is 5.91 Å². The van der Waals surface area contributed by atoms with Crippen LogP contribution in [-0.2, 0) is 11.2 Å². The van der Waals surface area contributed by atoms with Crippen LogP contribution in [-0.4, -0.2) is 46.1 Å². The van der Waals surface area contributed by atoms with E-state index in [-0.39, 0.29) is 11.7 Å². The molecule has 1 N–H and O–H groups in total. The number of nitrogens with zero attached hydrogens (tertiary/aromatic N) is 3. The Kier molecular flexibility index (Phi) is 5.43. The topological polar surface area (TPSA) is 71.3 Å². The number of rotatable bonds is 5. The number of aryl methyl sites for hydroxylation is 1. The van der Waals surface area contributed by atoms with Gasteiger partial charge in [-0.1, -0.05) is 5.16 Å². The number of hydrogen-bond acceptors (Lipinski definition) is 5. The SMILES string of the molecule is CC1CN(C(=O)CCCc2nc(-c3ccc(F)cc3)no2)CC(C)N1. The van der Waals surface area contributed by atoms with Gasteiger partial charge in [-0.15, -0.1) is 0 Å². The fraction of sp³-hybridized carbons (Fsp3) is 0.500. The summed E-state index contributed by atoms with van der Waals surface area (Å²) in [6.07, 6.45) is 1.68. The Balaban J connectivity index is 1.49. The average molecular weight is 346 g/mol. The predicted molar refractivity (Wildman–Crippen MR) is 91.3 cm³/mol. The molecule has 2 atom stereocenters. The molecule has 1 aromatic carbocycles. The summed E-state index contributed by atoms with van der Waals surface area (Å²) >= 11 is 0.